The smallest absolute Gasteiger partial charge is 0.146 e. The van der Waals surface area contributed by atoms with E-state index in [-0.39, 0.29) is 0 Å². The average molecular weight is 285 g/mol. The zero-order chi connectivity index (χ0) is 11.5. The molecule has 88 valence electrons. The van der Waals surface area contributed by atoms with Gasteiger partial charge in [-0.3, -0.25) is 0 Å². The molecular weight excluding hydrogens is 268 g/mol. The molecule has 5 heteroatoms. The van der Waals surface area contributed by atoms with Gasteiger partial charge in [-0.05, 0) is 34.7 Å². The van der Waals surface area contributed by atoms with Crippen molar-refractivity contribution in [1.82, 2.24) is 9.97 Å². The summed E-state index contributed by atoms with van der Waals surface area (Å²) in [7, 11) is 1.86. The van der Waals surface area contributed by atoms with E-state index in [0.29, 0.717) is 6.04 Å². The third kappa shape index (κ3) is 2.45. The molecule has 2 atom stereocenters. The van der Waals surface area contributed by atoms with Crippen molar-refractivity contribution in [2.24, 2.45) is 5.92 Å². The first-order valence-corrected chi connectivity index (χ1v) is 6.50. The van der Waals surface area contributed by atoms with Crippen molar-refractivity contribution in [3.8, 4) is 0 Å². The maximum Gasteiger partial charge on any atom is 0.146 e. The molecule has 2 unspecified atom stereocenters. The van der Waals surface area contributed by atoms with Crippen molar-refractivity contribution in [1.29, 1.82) is 0 Å². The monoisotopic (exact) mass is 284 g/mol. The Morgan fingerprint density at radius 3 is 2.88 bits per heavy atom. The fourth-order valence-electron chi connectivity index (χ4n) is 1.93. The summed E-state index contributed by atoms with van der Waals surface area (Å²) >= 11 is 3.51. The summed E-state index contributed by atoms with van der Waals surface area (Å²) < 4.78 is 0.916. The number of nitrogens with zero attached hydrogens (tertiary/aromatic N) is 2. The van der Waals surface area contributed by atoms with E-state index in [1.54, 1.807) is 6.33 Å². The standard InChI is InChI=1S/C11H17BrN4/c1-3-4-7-5-8(7)16-11-9(12)10(13-2)14-6-15-11/h6-8H,3-5H2,1-2H3,(H2,13,14,15,16). The van der Waals surface area contributed by atoms with E-state index in [1.807, 2.05) is 7.05 Å². The first-order valence-electron chi connectivity index (χ1n) is 5.71. The van der Waals surface area contributed by atoms with Crippen LogP contribution in [0.2, 0.25) is 0 Å². The molecule has 4 nitrogen and oxygen atoms in total. The lowest BCUT2D eigenvalue weighted by Crippen LogP contribution is -2.08. The van der Waals surface area contributed by atoms with Gasteiger partial charge >= 0.3 is 0 Å². The molecule has 1 aromatic heterocycles. The van der Waals surface area contributed by atoms with Gasteiger partial charge in [0.25, 0.3) is 0 Å². The van der Waals surface area contributed by atoms with Crippen LogP contribution >= 0.6 is 15.9 Å². The van der Waals surface area contributed by atoms with Crippen LogP contribution in [0.3, 0.4) is 0 Å². The lowest BCUT2D eigenvalue weighted by atomic mass is 10.2. The van der Waals surface area contributed by atoms with Gasteiger partial charge in [-0.25, -0.2) is 9.97 Å². The molecule has 0 aromatic carbocycles. The molecule has 0 bridgehead atoms. The van der Waals surface area contributed by atoms with Crippen LogP contribution in [0.25, 0.3) is 0 Å². The van der Waals surface area contributed by atoms with Crippen LogP contribution < -0.4 is 10.6 Å². The van der Waals surface area contributed by atoms with Crippen LogP contribution in [0.15, 0.2) is 10.8 Å². The Morgan fingerprint density at radius 1 is 1.44 bits per heavy atom. The Balaban J connectivity index is 2.00. The topological polar surface area (TPSA) is 49.8 Å². The second kappa shape index (κ2) is 4.99. The summed E-state index contributed by atoms with van der Waals surface area (Å²) in [6.45, 7) is 2.23. The molecule has 1 aliphatic rings. The molecule has 1 aliphatic carbocycles. The van der Waals surface area contributed by atoms with Crippen LogP contribution in [-0.4, -0.2) is 23.1 Å². The van der Waals surface area contributed by atoms with Gasteiger partial charge < -0.3 is 10.6 Å². The number of aromatic nitrogens is 2. The zero-order valence-electron chi connectivity index (χ0n) is 9.63. The molecule has 16 heavy (non-hydrogen) atoms. The zero-order valence-corrected chi connectivity index (χ0v) is 11.2. The highest BCUT2D eigenvalue weighted by Gasteiger charge is 2.36. The van der Waals surface area contributed by atoms with Crippen LogP contribution in [0.1, 0.15) is 26.2 Å². The Morgan fingerprint density at radius 2 is 2.19 bits per heavy atom. The van der Waals surface area contributed by atoms with E-state index in [0.717, 1.165) is 22.0 Å². The average Bonchev–Trinajstić information content (AvgIpc) is 3.00. The maximum absolute atomic E-state index is 4.25. The minimum Gasteiger partial charge on any atom is -0.372 e. The molecule has 0 aliphatic heterocycles. The molecule has 1 heterocycles. The quantitative estimate of drug-likeness (QED) is 0.873. The van der Waals surface area contributed by atoms with Gasteiger partial charge in [0.15, 0.2) is 0 Å². The summed E-state index contributed by atoms with van der Waals surface area (Å²) in [5, 5.41) is 6.48. The number of rotatable bonds is 5. The van der Waals surface area contributed by atoms with Gasteiger partial charge in [0.1, 0.15) is 22.4 Å². The largest absolute Gasteiger partial charge is 0.372 e. The molecule has 0 saturated heterocycles. The molecule has 2 rings (SSSR count). The minimum atomic E-state index is 0.593. The van der Waals surface area contributed by atoms with Crippen LogP contribution in [0.5, 0.6) is 0 Å². The lowest BCUT2D eigenvalue weighted by Gasteiger charge is -2.09. The van der Waals surface area contributed by atoms with Crippen molar-refractivity contribution in [2.45, 2.75) is 32.2 Å². The number of halogens is 1. The SMILES string of the molecule is CCCC1CC1Nc1ncnc(NC)c1Br. The van der Waals surface area contributed by atoms with Gasteiger partial charge in [-0.15, -0.1) is 0 Å². The van der Waals surface area contributed by atoms with Crippen LogP contribution in [0, 0.1) is 5.92 Å². The van der Waals surface area contributed by atoms with E-state index >= 15 is 0 Å². The molecule has 1 fully saturated rings. The predicted octanol–water partition coefficient (Wildman–Crippen LogP) is 2.88. The summed E-state index contributed by atoms with van der Waals surface area (Å²) in [6.07, 6.45) is 5.41. The van der Waals surface area contributed by atoms with E-state index in [9.17, 15) is 0 Å². The van der Waals surface area contributed by atoms with Gasteiger partial charge in [0, 0.05) is 13.1 Å². The van der Waals surface area contributed by atoms with Gasteiger partial charge in [0.2, 0.25) is 0 Å². The van der Waals surface area contributed by atoms with E-state index in [2.05, 4.69) is 43.5 Å². The highest BCUT2D eigenvalue weighted by atomic mass is 79.9. The second-order valence-corrected chi connectivity index (χ2v) is 4.96. The third-order valence-electron chi connectivity index (χ3n) is 2.93. The highest BCUT2D eigenvalue weighted by Crippen LogP contribution is 2.38. The molecule has 0 radical (unpaired) electrons. The van der Waals surface area contributed by atoms with Gasteiger partial charge in [-0.2, -0.15) is 0 Å². The minimum absolute atomic E-state index is 0.593. The van der Waals surface area contributed by atoms with E-state index in [4.69, 9.17) is 0 Å². The van der Waals surface area contributed by atoms with Crippen molar-refractivity contribution >= 4 is 27.6 Å². The molecular formula is C11H17BrN4. The number of hydrogen-bond donors (Lipinski definition) is 2. The first-order chi connectivity index (χ1) is 7.76. The predicted molar refractivity (Wildman–Crippen MR) is 69.7 cm³/mol. The Hall–Kier alpha value is -0.840. The van der Waals surface area contributed by atoms with Crippen LogP contribution in [0.4, 0.5) is 11.6 Å². The van der Waals surface area contributed by atoms with E-state index < -0.39 is 0 Å². The van der Waals surface area contributed by atoms with E-state index in [1.165, 1.54) is 19.3 Å². The highest BCUT2D eigenvalue weighted by molar-refractivity contribution is 9.10. The molecule has 1 aromatic rings. The summed E-state index contributed by atoms with van der Waals surface area (Å²) in [4.78, 5) is 8.38. The number of nitrogens with one attached hydrogen (secondary N) is 2. The third-order valence-corrected chi connectivity index (χ3v) is 3.68. The fourth-order valence-corrected chi connectivity index (χ4v) is 2.45. The maximum atomic E-state index is 4.25. The van der Waals surface area contributed by atoms with Crippen molar-refractivity contribution in [3.05, 3.63) is 10.8 Å². The number of anilines is 2. The summed E-state index contributed by atoms with van der Waals surface area (Å²) in [5.74, 6) is 2.54. The normalized spacial score (nSPS) is 22.9. The lowest BCUT2D eigenvalue weighted by molar-refractivity contribution is 0.692. The molecule has 2 N–H and O–H groups in total. The van der Waals surface area contributed by atoms with Crippen molar-refractivity contribution in [3.63, 3.8) is 0 Å². The summed E-state index contributed by atoms with van der Waals surface area (Å²) in [5.41, 5.74) is 0. The second-order valence-electron chi connectivity index (χ2n) is 4.17. The number of hydrogen-bond acceptors (Lipinski definition) is 4. The molecule has 1 saturated carbocycles. The Labute approximate surface area is 104 Å². The summed E-state index contributed by atoms with van der Waals surface area (Å²) in [6, 6.07) is 0.593. The fraction of sp³-hybridized carbons (Fsp3) is 0.636. The van der Waals surface area contributed by atoms with Crippen molar-refractivity contribution in [2.75, 3.05) is 17.7 Å². The Bertz CT molecular complexity index is 369. The van der Waals surface area contributed by atoms with Crippen molar-refractivity contribution < 1.29 is 0 Å². The molecule has 0 spiro atoms. The Kier molecular flexibility index (Phi) is 3.63. The molecule has 0 amide bonds. The van der Waals surface area contributed by atoms with Crippen LogP contribution in [-0.2, 0) is 0 Å². The van der Waals surface area contributed by atoms with Gasteiger partial charge in [-0.1, -0.05) is 13.3 Å². The first kappa shape index (κ1) is 11.6. The van der Waals surface area contributed by atoms with Gasteiger partial charge in [0.05, 0.1) is 0 Å².